The van der Waals surface area contributed by atoms with Gasteiger partial charge in [0.2, 0.25) is 0 Å². The Morgan fingerprint density at radius 3 is 2.89 bits per heavy atom. The molecule has 0 aliphatic heterocycles. The van der Waals surface area contributed by atoms with E-state index in [9.17, 15) is 5.11 Å². The Bertz CT molecular complexity index is 303. The quantitative estimate of drug-likeness (QED) is 0.674. The highest BCUT2D eigenvalue weighted by atomic mass is 32.1. The normalized spacial score (nSPS) is 14.9. The largest absolute Gasteiger partial charge is 0.390 e. The van der Waals surface area contributed by atoms with E-state index in [2.05, 4.69) is 48.6 Å². The first-order chi connectivity index (χ1) is 8.63. The van der Waals surface area contributed by atoms with Crippen LogP contribution in [0.2, 0.25) is 0 Å². The first kappa shape index (κ1) is 15.6. The molecule has 4 heteroatoms. The highest BCUT2D eigenvalue weighted by Crippen LogP contribution is 2.13. The van der Waals surface area contributed by atoms with Gasteiger partial charge in [0.1, 0.15) is 0 Å². The number of likely N-dealkylation sites (N-methyl/N-ethyl adjacent to an activating group) is 1. The van der Waals surface area contributed by atoms with Gasteiger partial charge in [-0.3, -0.25) is 0 Å². The predicted octanol–water partition coefficient (Wildman–Crippen LogP) is 1.97. The van der Waals surface area contributed by atoms with Crippen LogP contribution in [0.5, 0.6) is 0 Å². The van der Waals surface area contributed by atoms with E-state index in [1.807, 2.05) is 0 Å². The molecule has 0 saturated heterocycles. The zero-order valence-corrected chi connectivity index (χ0v) is 12.5. The second-order valence-electron chi connectivity index (χ2n) is 4.93. The van der Waals surface area contributed by atoms with Gasteiger partial charge in [-0.1, -0.05) is 13.0 Å². The number of rotatable bonds is 9. The minimum Gasteiger partial charge on any atom is -0.390 e. The molecule has 3 nitrogen and oxygen atoms in total. The third kappa shape index (κ3) is 5.96. The minimum atomic E-state index is -0.285. The van der Waals surface area contributed by atoms with Gasteiger partial charge in [0.15, 0.2) is 0 Å². The van der Waals surface area contributed by atoms with Crippen molar-refractivity contribution in [2.24, 2.45) is 0 Å². The van der Waals surface area contributed by atoms with Gasteiger partial charge in [0.05, 0.1) is 6.10 Å². The Morgan fingerprint density at radius 1 is 1.50 bits per heavy atom. The third-order valence-electron chi connectivity index (χ3n) is 3.13. The van der Waals surface area contributed by atoms with Crippen LogP contribution >= 0.6 is 11.3 Å². The average molecular weight is 270 g/mol. The average Bonchev–Trinajstić information content (AvgIpc) is 2.82. The molecule has 0 fully saturated rings. The van der Waals surface area contributed by atoms with E-state index in [1.54, 1.807) is 11.3 Å². The first-order valence-electron chi connectivity index (χ1n) is 6.74. The molecule has 2 N–H and O–H groups in total. The summed E-state index contributed by atoms with van der Waals surface area (Å²) in [6, 6.07) is 4.73. The molecule has 1 aromatic rings. The van der Waals surface area contributed by atoms with E-state index in [0.29, 0.717) is 12.6 Å². The van der Waals surface area contributed by atoms with Gasteiger partial charge in [0, 0.05) is 24.0 Å². The molecule has 0 bridgehead atoms. The third-order valence-corrected chi connectivity index (χ3v) is 4.03. The second kappa shape index (κ2) is 8.64. The number of hydrogen-bond donors (Lipinski definition) is 2. The van der Waals surface area contributed by atoms with Crippen molar-refractivity contribution in [1.82, 2.24) is 10.2 Å². The van der Waals surface area contributed by atoms with Gasteiger partial charge in [-0.2, -0.15) is 0 Å². The molecule has 1 rings (SSSR count). The van der Waals surface area contributed by atoms with Crippen LogP contribution < -0.4 is 5.32 Å². The molecule has 0 saturated carbocycles. The van der Waals surface area contributed by atoms with Crippen molar-refractivity contribution in [3.8, 4) is 0 Å². The summed E-state index contributed by atoms with van der Waals surface area (Å²) in [5, 5.41) is 15.3. The van der Waals surface area contributed by atoms with Gasteiger partial charge >= 0.3 is 0 Å². The van der Waals surface area contributed by atoms with E-state index in [-0.39, 0.29) is 6.10 Å². The standard InChI is InChI=1S/C14H26N2OS/c1-4-7-15-10-13(17)11-16(3)12(2)9-14-6-5-8-18-14/h5-6,8,12-13,15,17H,4,7,9-11H2,1-3H3. The molecule has 0 aliphatic carbocycles. The highest BCUT2D eigenvalue weighted by Gasteiger charge is 2.14. The number of aliphatic hydroxyl groups is 1. The Kier molecular flexibility index (Phi) is 7.51. The van der Waals surface area contributed by atoms with Crippen molar-refractivity contribution in [2.45, 2.75) is 38.8 Å². The molecule has 104 valence electrons. The first-order valence-corrected chi connectivity index (χ1v) is 7.62. The number of aliphatic hydroxyl groups excluding tert-OH is 1. The van der Waals surface area contributed by atoms with Crippen molar-refractivity contribution in [1.29, 1.82) is 0 Å². The molecular formula is C14H26N2OS. The molecule has 1 heterocycles. The van der Waals surface area contributed by atoms with Gasteiger partial charge in [-0.25, -0.2) is 0 Å². The summed E-state index contributed by atoms with van der Waals surface area (Å²) < 4.78 is 0. The summed E-state index contributed by atoms with van der Waals surface area (Å²) in [6.45, 7) is 6.74. The second-order valence-corrected chi connectivity index (χ2v) is 5.96. The molecular weight excluding hydrogens is 244 g/mol. The van der Waals surface area contributed by atoms with E-state index in [0.717, 1.165) is 25.9 Å². The van der Waals surface area contributed by atoms with Crippen LogP contribution in [0.1, 0.15) is 25.1 Å². The van der Waals surface area contributed by atoms with E-state index >= 15 is 0 Å². The molecule has 0 aliphatic rings. The van der Waals surface area contributed by atoms with Crippen molar-refractivity contribution < 1.29 is 5.11 Å². The summed E-state index contributed by atoms with van der Waals surface area (Å²) in [5.41, 5.74) is 0. The van der Waals surface area contributed by atoms with Gasteiger partial charge in [-0.15, -0.1) is 11.3 Å². The molecule has 0 aromatic carbocycles. The summed E-state index contributed by atoms with van der Waals surface area (Å²) in [6.07, 6.45) is 1.88. The number of nitrogens with one attached hydrogen (secondary N) is 1. The lowest BCUT2D eigenvalue weighted by molar-refractivity contribution is 0.107. The lowest BCUT2D eigenvalue weighted by Crippen LogP contribution is -2.41. The summed E-state index contributed by atoms with van der Waals surface area (Å²) in [4.78, 5) is 3.64. The molecule has 2 unspecified atom stereocenters. The van der Waals surface area contributed by atoms with Crippen LogP contribution in [0.3, 0.4) is 0 Å². The summed E-state index contributed by atoms with van der Waals surface area (Å²) in [7, 11) is 2.08. The van der Waals surface area contributed by atoms with Gasteiger partial charge < -0.3 is 15.3 Å². The van der Waals surface area contributed by atoms with Crippen LogP contribution in [-0.2, 0) is 6.42 Å². The highest BCUT2D eigenvalue weighted by molar-refractivity contribution is 7.09. The van der Waals surface area contributed by atoms with Crippen molar-refractivity contribution >= 4 is 11.3 Å². The van der Waals surface area contributed by atoms with E-state index < -0.39 is 0 Å². The topological polar surface area (TPSA) is 35.5 Å². The predicted molar refractivity (Wildman–Crippen MR) is 79.3 cm³/mol. The fourth-order valence-corrected chi connectivity index (χ4v) is 2.72. The fourth-order valence-electron chi connectivity index (χ4n) is 1.90. The maximum absolute atomic E-state index is 9.92. The molecule has 18 heavy (non-hydrogen) atoms. The zero-order valence-electron chi connectivity index (χ0n) is 11.7. The molecule has 1 aromatic heterocycles. The van der Waals surface area contributed by atoms with Gasteiger partial charge in [-0.05, 0) is 44.8 Å². The van der Waals surface area contributed by atoms with Crippen molar-refractivity contribution in [3.63, 3.8) is 0 Å². The number of thiophene rings is 1. The van der Waals surface area contributed by atoms with Crippen LogP contribution in [0.15, 0.2) is 17.5 Å². The van der Waals surface area contributed by atoms with Crippen LogP contribution in [0.4, 0.5) is 0 Å². The van der Waals surface area contributed by atoms with Crippen molar-refractivity contribution in [2.75, 3.05) is 26.7 Å². The van der Waals surface area contributed by atoms with Crippen molar-refractivity contribution in [3.05, 3.63) is 22.4 Å². The maximum atomic E-state index is 9.92. The smallest absolute Gasteiger partial charge is 0.0791 e. The Labute approximate surface area is 115 Å². The molecule has 0 spiro atoms. The van der Waals surface area contributed by atoms with Gasteiger partial charge in [0.25, 0.3) is 0 Å². The van der Waals surface area contributed by atoms with Crippen LogP contribution in [0.25, 0.3) is 0 Å². The molecule has 2 atom stereocenters. The minimum absolute atomic E-state index is 0.285. The van der Waals surface area contributed by atoms with E-state index in [4.69, 9.17) is 0 Å². The van der Waals surface area contributed by atoms with E-state index in [1.165, 1.54) is 4.88 Å². The van der Waals surface area contributed by atoms with Crippen LogP contribution in [0, 0.1) is 0 Å². The summed E-state index contributed by atoms with van der Waals surface area (Å²) >= 11 is 1.80. The Balaban J connectivity index is 2.24. The Hall–Kier alpha value is -0.420. The monoisotopic (exact) mass is 270 g/mol. The number of hydrogen-bond acceptors (Lipinski definition) is 4. The van der Waals surface area contributed by atoms with Crippen LogP contribution in [-0.4, -0.2) is 48.8 Å². The SMILES string of the molecule is CCCNCC(O)CN(C)C(C)Cc1cccs1. The lowest BCUT2D eigenvalue weighted by Gasteiger charge is -2.26. The summed E-state index contributed by atoms with van der Waals surface area (Å²) in [5.74, 6) is 0. The zero-order chi connectivity index (χ0) is 13.4. The molecule has 0 radical (unpaired) electrons. The Morgan fingerprint density at radius 2 is 2.28 bits per heavy atom. The maximum Gasteiger partial charge on any atom is 0.0791 e. The fraction of sp³-hybridized carbons (Fsp3) is 0.714. The molecule has 0 amide bonds. The lowest BCUT2D eigenvalue weighted by atomic mass is 10.1. The number of nitrogens with zero attached hydrogens (tertiary/aromatic N) is 1.